The second kappa shape index (κ2) is 7.40. The number of amides is 1. The predicted molar refractivity (Wildman–Crippen MR) is 141 cm³/mol. The molecule has 0 aliphatic heterocycles. The number of carbonyl (C=O) groups is 1. The van der Waals surface area contributed by atoms with Crippen molar-refractivity contribution in [2.24, 2.45) is 27.6 Å². The molecule has 0 unspecified atom stereocenters. The topological polar surface area (TPSA) is 69.6 Å². The quantitative estimate of drug-likeness (QED) is 0.523. The molecule has 6 atom stereocenters. The molecule has 1 aromatic carbocycles. The number of nitrogens with one attached hydrogen (secondary N) is 1. The van der Waals surface area contributed by atoms with Crippen LogP contribution < -0.4 is 15.8 Å². The number of hydrogen-bond donors (Lipinski definition) is 3. The molecule has 4 aliphatic rings. The number of phenols is 2. The minimum Gasteiger partial charge on any atom is -0.504 e. The Kier molecular flexibility index (Phi) is 5.17. The molecule has 0 bridgehead atoms. The van der Waals surface area contributed by atoms with E-state index in [1.54, 1.807) is 6.07 Å². The van der Waals surface area contributed by atoms with Crippen LogP contribution in [0, 0.1) is 27.6 Å². The largest absolute Gasteiger partial charge is 0.504 e. The first-order valence-corrected chi connectivity index (χ1v) is 13.5. The maximum atomic E-state index is 13.2. The normalized spacial score (nSPS) is 41.9. The molecule has 4 nitrogen and oxygen atoms in total. The van der Waals surface area contributed by atoms with Crippen molar-refractivity contribution < 1.29 is 15.0 Å². The number of hydrogen-bond acceptors (Lipinski definition) is 3. The Balaban J connectivity index is 1.63. The van der Waals surface area contributed by atoms with Crippen molar-refractivity contribution in [1.82, 2.24) is 5.32 Å². The van der Waals surface area contributed by atoms with Gasteiger partial charge in [0.25, 0.3) is 0 Å². The van der Waals surface area contributed by atoms with Crippen LogP contribution >= 0.6 is 0 Å². The third-order valence-corrected chi connectivity index (χ3v) is 11.6. The zero-order valence-electron chi connectivity index (χ0n) is 22.5. The van der Waals surface area contributed by atoms with Gasteiger partial charge in [-0.05, 0) is 90.9 Å². The lowest BCUT2D eigenvalue weighted by Gasteiger charge is -2.69. The number of allylic oxidation sites excluding steroid dienone is 2. The summed E-state index contributed by atoms with van der Waals surface area (Å²) >= 11 is 0. The molecule has 4 heteroatoms. The summed E-state index contributed by atoms with van der Waals surface area (Å²) in [6.07, 6.45) is 11.8. The van der Waals surface area contributed by atoms with Crippen molar-refractivity contribution in [3.05, 3.63) is 33.7 Å². The van der Waals surface area contributed by atoms with E-state index in [2.05, 4.69) is 58.7 Å². The first-order chi connectivity index (χ1) is 16.3. The average Bonchev–Trinajstić information content (AvgIpc) is 2.81. The molecule has 0 saturated heterocycles. The van der Waals surface area contributed by atoms with Crippen molar-refractivity contribution in [3.8, 4) is 11.5 Å². The molecule has 0 aromatic heterocycles. The lowest BCUT2D eigenvalue weighted by atomic mass is 9.34. The van der Waals surface area contributed by atoms with Crippen LogP contribution in [0.1, 0.15) is 92.1 Å². The van der Waals surface area contributed by atoms with Crippen molar-refractivity contribution in [2.75, 3.05) is 6.54 Å². The highest BCUT2D eigenvalue weighted by atomic mass is 16.3. The van der Waals surface area contributed by atoms with Gasteiger partial charge >= 0.3 is 0 Å². The Morgan fingerprint density at radius 3 is 2.40 bits per heavy atom. The molecule has 35 heavy (non-hydrogen) atoms. The molecule has 190 valence electrons. The summed E-state index contributed by atoms with van der Waals surface area (Å²) < 4.78 is 0. The molecule has 1 amide bonds. The standard InChI is InChI=1S/C31H43NO3/c1-8-32-26(35)28(4)12-11-27(3)13-15-30(6)23-10-9-20-19(2)25(34)22(33)17-21(20)29(23,5)14-16-31(30,7)24(27)18-28/h9-10,17,24,33-34H,2,8,11-16,18H2,1,3-7H3,(H,32,35)/t24-,27-,28-,29+,30-,31+/m1/s1. The number of fused-ring (bicyclic) bond motifs is 7. The van der Waals surface area contributed by atoms with Gasteiger partial charge < -0.3 is 15.5 Å². The Morgan fingerprint density at radius 2 is 1.71 bits per heavy atom. The van der Waals surface area contributed by atoms with Crippen molar-refractivity contribution in [2.45, 2.75) is 91.9 Å². The van der Waals surface area contributed by atoms with Gasteiger partial charge in [0.1, 0.15) is 0 Å². The highest BCUT2D eigenvalue weighted by Crippen LogP contribution is 2.74. The first kappa shape index (κ1) is 24.5. The smallest absolute Gasteiger partial charge is 0.225 e. The zero-order valence-corrected chi connectivity index (χ0v) is 22.5. The predicted octanol–water partition coefficient (Wildman–Crippen LogP) is 5.04. The lowest BCUT2D eigenvalue weighted by molar-refractivity contribution is -0.167. The summed E-state index contributed by atoms with van der Waals surface area (Å²) in [7, 11) is 0. The molecule has 4 aliphatic carbocycles. The van der Waals surface area contributed by atoms with Gasteiger partial charge in [-0.25, -0.2) is 0 Å². The number of rotatable bonds is 2. The summed E-state index contributed by atoms with van der Waals surface area (Å²) in [6, 6.07) is 1.77. The van der Waals surface area contributed by atoms with Crippen LogP contribution in [0.2, 0.25) is 0 Å². The summed E-state index contributed by atoms with van der Waals surface area (Å²) in [5.74, 6) is 0.492. The molecule has 3 fully saturated rings. The maximum absolute atomic E-state index is 13.2. The molecule has 5 rings (SSSR count). The Hall–Kier alpha value is -2.23. The van der Waals surface area contributed by atoms with Crippen LogP contribution in [0.4, 0.5) is 0 Å². The van der Waals surface area contributed by atoms with Crippen molar-refractivity contribution in [1.29, 1.82) is 0 Å². The van der Waals surface area contributed by atoms with E-state index in [9.17, 15) is 15.0 Å². The van der Waals surface area contributed by atoms with E-state index in [-0.39, 0.29) is 44.5 Å². The van der Waals surface area contributed by atoms with Crippen LogP contribution in [0.25, 0.3) is 12.7 Å². The fourth-order valence-corrected chi connectivity index (χ4v) is 8.95. The second-order valence-corrected chi connectivity index (χ2v) is 13.3. The van der Waals surface area contributed by atoms with Crippen LogP contribution in [0.15, 0.2) is 17.7 Å². The monoisotopic (exact) mass is 477 g/mol. The van der Waals surface area contributed by atoms with Crippen LogP contribution in [0.5, 0.6) is 11.5 Å². The summed E-state index contributed by atoms with van der Waals surface area (Å²) in [6.45, 7) is 18.7. The highest BCUT2D eigenvalue weighted by Gasteiger charge is 2.66. The van der Waals surface area contributed by atoms with Gasteiger partial charge in [0.05, 0.1) is 0 Å². The molecular weight excluding hydrogens is 434 g/mol. The molecule has 3 saturated carbocycles. The Morgan fingerprint density at radius 1 is 1.03 bits per heavy atom. The maximum Gasteiger partial charge on any atom is 0.225 e. The molecule has 1 aromatic rings. The summed E-state index contributed by atoms with van der Waals surface area (Å²) in [4.78, 5) is 13.2. The number of phenolic OH excluding ortho intramolecular Hbond substituents is 2. The number of aromatic hydroxyl groups is 2. The van der Waals surface area contributed by atoms with E-state index in [0.717, 1.165) is 49.3 Å². The van der Waals surface area contributed by atoms with Crippen molar-refractivity contribution >= 4 is 18.6 Å². The van der Waals surface area contributed by atoms with Gasteiger partial charge in [0.2, 0.25) is 5.91 Å². The molecule has 0 radical (unpaired) electrons. The van der Waals surface area contributed by atoms with Crippen LogP contribution in [0.3, 0.4) is 0 Å². The minimum atomic E-state index is -0.312. The van der Waals surface area contributed by atoms with Gasteiger partial charge in [-0.15, -0.1) is 0 Å². The lowest BCUT2D eigenvalue weighted by Crippen LogP contribution is -2.63. The fourth-order valence-electron chi connectivity index (χ4n) is 8.95. The number of carbonyl (C=O) groups excluding carboxylic acids is 1. The van der Waals surface area contributed by atoms with Gasteiger partial charge in [-0.3, -0.25) is 4.79 Å². The molecule has 0 heterocycles. The third kappa shape index (κ3) is 3.01. The van der Waals surface area contributed by atoms with E-state index in [0.29, 0.717) is 17.7 Å². The van der Waals surface area contributed by atoms with Crippen LogP contribution in [-0.4, -0.2) is 22.7 Å². The van der Waals surface area contributed by atoms with Gasteiger partial charge in [-0.1, -0.05) is 58.9 Å². The van der Waals surface area contributed by atoms with E-state index in [1.807, 2.05) is 6.92 Å². The molecule has 3 N–H and O–H groups in total. The Labute approximate surface area is 210 Å². The van der Waals surface area contributed by atoms with Crippen molar-refractivity contribution in [3.63, 3.8) is 0 Å². The van der Waals surface area contributed by atoms with Gasteiger partial charge in [0, 0.05) is 22.6 Å². The Bertz CT molecular complexity index is 1250. The highest BCUT2D eigenvalue weighted by molar-refractivity contribution is 5.82. The minimum absolute atomic E-state index is 0.00725. The molecule has 0 spiro atoms. The average molecular weight is 478 g/mol. The number of benzene rings is 1. The van der Waals surface area contributed by atoms with Gasteiger partial charge in [-0.2, -0.15) is 0 Å². The first-order valence-electron chi connectivity index (χ1n) is 13.5. The third-order valence-electron chi connectivity index (χ3n) is 11.6. The van der Waals surface area contributed by atoms with E-state index >= 15 is 0 Å². The van der Waals surface area contributed by atoms with E-state index in [4.69, 9.17) is 0 Å². The van der Waals surface area contributed by atoms with E-state index < -0.39 is 0 Å². The second-order valence-electron chi connectivity index (χ2n) is 13.3. The summed E-state index contributed by atoms with van der Waals surface area (Å²) in [5, 5.41) is 25.4. The molecular formula is C31H43NO3. The zero-order chi connectivity index (χ0) is 25.6. The van der Waals surface area contributed by atoms with Gasteiger partial charge in [0.15, 0.2) is 11.5 Å². The van der Waals surface area contributed by atoms with Crippen LogP contribution in [-0.2, 0) is 10.2 Å². The summed E-state index contributed by atoms with van der Waals surface area (Å²) in [5.41, 5.74) is 2.35. The fraction of sp³-hybridized carbons (Fsp3) is 0.645. The van der Waals surface area contributed by atoms with E-state index in [1.165, 1.54) is 12.0 Å². The SMILES string of the molecule is C=c1c(O)c(O)cc2c1=CC=C1[C@@]2(C)CC[C@@]2(C)[C@@H]3C[C@](C)(C(=O)NCC)CC[C@]3(C)CC[C@]12C.